The number of aromatic nitrogens is 3. The summed E-state index contributed by atoms with van der Waals surface area (Å²) in [6.45, 7) is 1.66. The summed E-state index contributed by atoms with van der Waals surface area (Å²) in [6.07, 6.45) is 1.38. The Bertz CT molecular complexity index is 521. The van der Waals surface area contributed by atoms with Crippen molar-refractivity contribution in [3.63, 3.8) is 0 Å². The fourth-order valence-electron chi connectivity index (χ4n) is 1.13. The molecule has 2 rings (SSSR count). The van der Waals surface area contributed by atoms with Crippen molar-refractivity contribution >= 4 is 17.7 Å². The van der Waals surface area contributed by atoms with Crippen LogP contribution in [0.15, 0.2) is 22.9 Å². The van der Waals surface area contributed by atoms with Gasteiger partial charge in [-0.05, 0) is 19.1 Å². The minimum Gasteiger partial charge on any atom is -0.315 e. The first-order valence-corrected chi connectivity index (χ1v) is 4.73. The number of aryl methyl sites for hydroxylation is 1. The van der Waals surface area contributed by atoms with E-state index >= 15 is 0 Å². The second kappa shape index (κ2) is 4.58. The molecule has 8 nitrogen and oxygen atoms in total. The van der Waals surface area contributed by atoms with Crippen molar-refractivity contribution in [2.75, 3.05) is 10.7 Å². The van der Waals surface area contributed by atoms with E-state index in [-0.39, 0.29) is 11.9 Å². The molecule has 0 aromatic carbocycles. The van der Waals surface area contributed by atoms with E-state index in [9.17, 15) is 4.79 Å². The fraction of sp³-hybridized carbons (Fsp3) is 0.111. The molecule has 1 amide bonds. The van der Waals surface area contributed by atoms with Gasteiger partial charge in [0.25, 0.3) is 5.91 Å². The molecule has 0 spiro atoms. The lowest BCUT2D eigenvalue weighted by molar-refractivity contribution is 0.102. The lowest BCUT2D eigenvalue weighted by Crippen LogP contribution is -2.13. The average Bonchev–Trinajstić information content (AvgIpc) is 2.75. The summed E-state index contributed by atoms with van der Waals surface area (Å²) in [5.41, 5.74) is 2.72. The summed E-state index contributed by atoms with van der Waals surface area (Å²) in [5, 5.41) is 5.99. The van der Waals surface area contributed by atoms with Crippen molar-refractivity contribution in [1.29, 1.82) is 0 Å². The highest BCUT2D eigenvalue weighted by atomic mass is 16.5. The summed E-state index contributed by atoms with van der Waals surface area (Å²) in [6, 6.07) is 3.20. The molecule has 88 valence electrons. The number of carbonyl (C=O) groups is 1. The molecule has 0 unspecified atom stereocenters. The monoisotopic (exact) mass is 234 g/mol. The molecule has 2 heterocycles. The van der Waals surface area contributed by atoms with E-state index in [0.29, 0.717) is 17.2 Å². The lowest BCUT2D eigenvalue weighted by Gasteiger charge is -2.01. The van der Waals surface area contributed by atoms with Crippen LogP contribution >= 0.6 is 0 Å². The maximum atomic E-state index is 11.7. The van der Waals surface area contributed by atoms with Crippen LogP contribution in [0.5, 0.6) is 0 Å². The van der Waals surface area contributed by atoms with E-state index in [4.69, 9.17) is 10.4 Å². The van der Waals surface area contributed by atoms with E-state index in [2.05, 4.69) is 25.9 Å². The molecule has 0 bridgehead atoms. The normalized spacial score (nSPS) is 10.0. The summed E-state index contributed by atoms with van der Waals surface area (Å²) < 4.78 is 4.76. The van der Waals surface area contributed by atoms with Gasteiger partial charge < -0.3 is 9.95 Å². The Morgan fingerprint density at radius 2 is 2.29 bits per heavy atom. The van der Waals surface area contributed by atoms with Gasteiger partial charge in [0.05, 0.1) is 5.56 Å². The first-order valence-electron chi connectivity index (χ1n) is 4.73. The van der Waals surface area contributed by atoms with Crippen LogP contribution < -0.4 is 16.6 Å². The summed E-state index contributed by atoms with van der Waals surface area (Å²) in [7, 11) is 0. The van der Waals surface area contributed by atoms with Crippen LogP contribution in [0.25, 0.3) is 0 Å². The summed E-state index contributed by atoms with van der Waals surface area (Å²) >= 11 is 0. The highest BCUT2D eigenvalue weighted by Crippen LogP contribution is 2.07. The molecule has 2 aromatic rings. The van der Waals surface area contributed by atoms with Gasteiger partial charge in [-0.15, -0.1) is 0 Å². The summed E-state index contributed by atoms with van der Waals surface area (Å²) in [5.74, 6) is 5.68. The third-order valence-electron chi connectivity index (χ3n) is 1.92. The SMILES string of the molecule is Cc1noc(NC(=O)c2ccc(NN)nc2)n1. The number of nitrogens with one attached hydrogen (secondary N) is 2. The van der Waals surface area contributed by atoms with Crippen LogP contribution in [0.4, 0.5) is 11.8 Å². The minimum absolute atomic E-state index is 0.0496. The van der Waals surface area contributed by atoms with Crippen LogP contribution in [-0.2, 0) is 0 Å². The number of nitrogen functional groups attached to an aromatic ring is 1. The van der Waals surface area contributed by atoms with Gasteiger partial charge in [0.1, 0.15) is 5.82 Å². The van der Waals surface area contributed by atoms with Gasteiger partial charge in [-0.25, -0.2) is 10.8 Å². The van der Waals surface area contributed by atoms with E-state index in [1.54, 1.807) is 19.1 Å². The molecule has 0 saturated carbocycles. The van der Waals surface area contributed by atoms with Crippen molar-refractivity contribution in [2.24, 2.45) is 5.84 Å². The van der Waals surface area contributed by atoms with Gasteiger partial charge in [0, 0.05) is 6.20 Å². The Labute approximate surface area is 96.2 Å². The molecule has 4 N–H and O–H groups in total. The van der Waals surface area contributed by atoms with E-state index in [1.807, 2.05) is 0 Å². The fourth-order valence-corrected chi connectivity index (χ4v) is 1.13. The number of hydrogen-bond donors (Lipinski definition) is 3. The number of amides is 1. The number of nitrogens with two attached hydrogens (primary N) is 1. The molecular formula is C9H10N6O2. The largest absolute Gasteiger partial charge is 0.328 e. The molecule has 0 aliphatic heterocycles. The quantitative estimate of drug-likeness (QED) is 0.516. The number of pyridine rings is 1. The molecule has 0 aliphatic carbocycles. The number of anilines is 2. The number of rotatable bonds is 3. The molecule has 2 aromatic heterocycles. The van der Waals surface area contributed by atoms with Crippen molar-refractivity contribution in [3.8, 4) is 0 Å². The van der Waals surface area contributed by atoms with Crippen molar-refractivity contribution < 1.29 is 9.32 Å². The molecule has 0 saturated heterocycles. The maximum absolute atomic E-state index is 11.7. The van der Waals surface area contributed by atoms with Crippen LogP contribution in [-0.4, -0.2) is 21.0 Å². The van der Waals surface area contributed by atoms with Crippen molar-refractivity contribution in [2.45, 2.75) is 6.92 Å². The maximum Gasteiger partial charge on any atom is 0.328 e. The first-order chi connectivity index (χ1) is 8.19. The predicted molar refractivity (Wildman–Crippen MR) is 59.0 cm³/mol. The zero-order chi connectivity index (χ0) is 12.3. The number of hydrazine groups is 1. The number of carbonyl (C=O) groups excluding carboxylic acids is 1. The third-order valence-corrected chi connectivity index (χ3v) is 1.92. The Kier molecular flexibility index (Phi) is 2.97. The predicted octanol–water partition coefficient (Wildman–Crippen LogP) is 0.311. The van der Waals surface area contributed by atoms with E-state index < -0.39 is 0 Å². The van der Waals surface area contributed by atoms with Gasteiger partial charge in [0.15, 0.2) is 5.82 Å². The second-order valence-electron chi connectivity index (χ2n) is 3.18. The highest BCUT2D eigenvalue weighted by molar-refractivity contribution is 6.02. The van der Waals surface area contributed by atoms with Crippen LogP contribution in [0.1, 0.15) is 16.2 Å². The molecule has 0 radical (unpaired) electrons. The van der Waals surface area contributed by atoms with Crippen LogP contribution in [0.3, 0.4) is 0 Å². The molecule has 0 fully saturated rings. The molecule has 17 heavy (non-hydrogen) atoms. The Hall–Kier alpha value is -2.48. The van der Waals surface area contributed by atoms with Gasteiger partial charge in [-0.2, -0.15) is 4.98 Å². The van der Waals surface area contributed by atoms with E-state index in [0.717, 1.165) is 0 Å². The third kappa shape index (κ3) is 2.55. The average molecular weight is 234 g/mol. The van der Waals surface area contributed by atoms with Gasteiger partial charge in [0.2, 0.25) is 0 Å². The summed E-state index contributed by atoms with van der Waals surface area (Å²) in [4.78, 5) is 19.4. The lowest BCUT2D eigenvalue weighted by atomic mass is 10.2. The molecule has 8 heteroatoms. The molecule has 0 atom stereocenters. The number of nitrogens with zero attached hydrogens (tertiary/aromatic N) is 3. The van der Waals surface area contributed by atoms with E-state index in [1.165, 1.54) is 6.20 Å². The minimum atomic E-state index is -0.385. The van der Waals surface area contributed by atoms with Gasteiger partial charge >= 0.3 is 6.01 Å². The Morgan fingerprint density at radius 1 is 1.47 bits per heavy atom. The second-order valence-corrected chi connectivity index (χ2v) is 3.18. The topological polar surface area (TPSA) is 119 Å². The first kappa shape index (κ1) is 11.0. The highest BCUT2D eigenvalue weighted by Gasteiger charge is 2.10. The smallest absolute Gasteiger partial charge is 0.315 e. The Morgan fingerprint density at radius 3 is 2.82 bits per heavy atom. The Balaban J connectivity index is 2.09. The van der Waals surface area contributed by atoms with Gasteiger partial charge in [-0.1, -0.05) is 5.16 Å². The van der Waals surface area contributed by atoms with Crippen LogP contribution in [0.2, 0.25) is 0 Å². The molecular weight excluding hydrogens is 224 g/mol. The number of hydrogen-bond acceptors (Lipinski definition) is 7. The molecule has 0 aliphatic rings. The van der Waals surface area contributed by atoms with Gasteiger partial charge in [-0.3, -0.25) is 10.1 Å². The zero-order valence-electron chi connectivity index (χ0n) is 8.97. The zero-order valence-corrected chi connectivity index (χ0v) is 8.97. The van der Waals surface area contributed by atoms with Crippen LogP contribution in [0, 0.1) is 6.92 Å². The standard InChI is InChI=1S/C9H10N6O2/c1-5-12-9(17-15-5)13-8(16)6-2-3-7(14-10)11-4-6/h2-4H,10H2,1H3,(H,11,14)(H,12,13,15,16). The van der Waals surface area contributed by atoms with Crippen molar-refractivity contribution in [3.05, 3.63) is 29.7 Å². The van der Waals surface area contributed by atoms with Crippen molar-refractivity contribution in [1.82, 2.24) is 15.1 Å².